The number of carbonyl (C=O) groups is 1. The number of phenols is 1. The molecule has 0 aliphatic carbocycles. The van der Waals surface area contributed by atoms with E-state index in [1.165, 1.54) is 5.56 Å². The summed E-state index contributed by atoms with van der Waals surface area (Å²) in [6, 6.07) is 13.0. The number of nitrogens with zero attached hydrogens (tertiary/aromatic N) is 1. The van der Waals surface area contributed by atoms with Crippen LogP contribution >= 0.6 is 11.6 Å². The topological polar surface area (TPSA) is 40.5 Å². The van der Waals surface area contributed by atoms with E-state index in [9.17, 15) is 9.90 Å². The molecule has 0 spiro atoms. The van der Waals surface area contributed by atoms with E-state index in [0.717, 1.165) is 31.0 Å². The highest BCUT2D eigenvalue weighted by molar-refractivity contribution is 6.30. The Morgan fingerprint density at radius 3 is 2.74 bits per heavy atom. The van der Waals surface area contributed by atoms with Gasteiger partial charge < -0.3 is 10.0 Å². The van der Waals surface area contributed by atoms with E-state index in [2.05, 4.69) is 0 Å². The number of aromatic hydroxyl groups is 1. The van der Waals surface area contributed by atoms with Gasteiger partial charge in [0, 0.05) is 29.2 Å². The Hall–Kier alpha value is -2.00. The quantitative estimate of drug-likeness (QED) is 0.922. The Morgan fingerprint density at radius 2 is 2.00 bits per heavy atom. The van der Waals surface area contributed by atoms with Gasteiger partial charge in [0.2, 0.25) is 0 Å². The van der Waals surface area contributed by atoms with Gasteiger partial charge in [-0.3, -0.25) is 4.79 Å². The second-order valence-electron chi connectivity index (χ2n) is 6.19. The van der Waals surface area contributed by atoms with E-state index in [0.29, 0.717) is 17.0 Å². The van der Waals surface area contributed by atoms with Crippen LogP contribution in [0, 0.1) is 12.8 Å². The summed E-state index contributed by atoms with van der Waals surface area (Å²) in [6.07, 6.45) is 1.96. The minimum Gasteiger partial charge on any atom is -0.508 e. The van der Waals surface area contributed by atoms with Crippen molar-refractivity contribution in [3.05, 3.63) is 64.2 Å². The Kier molecular flexibility index (Phi) is 4.58. The maximum Gasteiger partial charge on any atom is 0.254 e. The zero-order valence-electron chi connectivity index (χ0n) is 13.1. The third-order valence-corrected chi connectivity index (χ3v) is 4.80. The average Bonchev–Trinajstić information content (AvgIpc) is 3.00. The molecule has 3 nitrogen and oxygen atoms in total. The van der Waals surface area contributed by atoms with Crippen molar-refractivity contribution in [1.82, 2.24) is 4.90 Å². The van der Waals surface area contributed by atoms with Crippen molar-refractivity contribution in [2.24, 2.45) is 5.92 Å². The summed E-state index contributed by atoms with van der Waals surface area (Å²) < 4.78 is 0. The summed E-state index contributed by atoms with van der Waals surface area (Å²) in [4.78, 5) is 14.6. The fourth-order valence-corrected chi connectivity index (χ4v) is 3.29. The van der Waals surface area contributed by atoms with Gasteiger partial charge in [0.25, 0.3) is 5.91 Å². The number of carbonyl (C=O) groups excluding carboxylic acids is 1. The summed E-state index contributed by atoms with van der Waals surface area (Å²) >= 11 is 5.92. The summed E-state index contributed by atoms with van der Waals surface area (Å²) in [5.74, 6) is 0.655. The normalized spacial score (nSPS) is 17.5. The molecular weight excluding hydrogens is 310 g/mol. The van der Waals surface area contributed by atoms with Crippen LogP contribution in [0.3, 0.4) is 0 Å². The van der Waals surface area contributed by atoms with Crippen LogP contribution < -0.4 is 0 Å². The molecule has 2 aromatic carbocycles. The Labute approximate surface area is 141 Å². The van der Waals surface area contributed by atoms with Crippen LogP contribution in [0.5, 0.6) is 5.75 Å². The van der Waals surface area contributed by atoms with Gasteiger partial charge in [-0.25, -0.2) is 0 Å². The van der Waals surface area contributed by atoms with Crippen LogP contribution in [0.15, 0.2) is 42.5 Å². The van der Waals surface area contributed by atoms with Crippen LogP contribution in [-0.4, -0.2) is 29.0 Å². The first-order chi connectivity index (χ1) is 11.0. The Morgan fingerprint density at radius 1 is 1.26 bits per heavy atom. The molecule has 120 valence electrons. The lowest BCUT2D eigenvalue weighted by Gasteiger charge is -2.18. The molecule has 0 saturated carbocycles. The van der Waals surface area contributed by atoms with Gasteiger partial charge in [-0.05, 0) is 55.5 Å². The minimum atomic E-state index is 0.0111. The second-order valence-corrected chi connectivity index (χ2v) is 6.62. The largest absolute Gasteiger partial charge is 0.508 e. The standard InChI is InChI=1S/C19H20ClNO2/c1-13-17(3-2-4-18(13)22)19(23)21-10-9-15(12-21)11-14-5-7-16(20)8-6-14/h2-8,15,22H,9-12H2,1H3. The summed E-state index contributed by atoms with van der Waals surface area (Å²) in [5, 5.41) is 10.5. The van der Waals surface area contributed by atoms with Gasteiger partial charge in [0.15, 0.2) is 0 Å². The van der Waals surface area contributed by atoms with Crippen LogP contribution in [0.2, 0.25) is 5.02 Å². The average molecular weight is 330 g/mol. The third-order valence-electron chi connectivity index (χ3n) is 4.55. The van der Waals surface area contributed by atoms with Gasteiger partial charge in [-0.1, -0.05) is 29.8 Å². The van der Waals surface area contributed by atoms with Gasteiger partial charge in [0.1, 0.15) is 5.75 Å². The highest BCUT2D eigenvalue weighted by Crippen LogP contribution is 2.26. The second kappa shape index (κ2) is 6.63. The van der Waals surface area contributed by atoms with E-state index in [1.54, 1.807) is 25.1 Å². The van der Waals surface area contributed by atoms with E-state index >= 15 is 0 Å². The van der Waals surface area contributed by atoms with Crippen molar-refractivity contribution < 1.29 is 9.90 Å². The SMILES string of the molecule is Cc1c(O)cccc1C(=O)N1CCC(Cc2ccc(Cl)cc2)C1. The summed E-state index contributed by atoms with van der Waals surface area (Å²) in [6.45, 7) is 3.31. The van der Waals surface area contributed by atoms with E-state index in [4.69, 9.17) is 11.6 Å². The van der Waals surface area contributed by atoms with Gasteiger partial charge in [0.05, 0.1) is 0 Å². The first-order valence-corrected chi connectivity index (χ1v) is 8.24. The van der Waals surface area contributed by atoms with Crippen LogP contribution in [-0.2, 0) is 6.42 Å². The number of amides is 1. The fraction of sp³-hybridized carbons (Fsp3) is 0.316. The first kappa shape index (κ1) is 15.9. The number of phenolic OH excluding ortho intramolecular Hbond substituents is 1. The Bertz CT molecular complexity index is 712. The molecule has 4 heteroatoms. The number of benzene rings is 2. The lowest BCUT2D eigenvalue weighted by atomic mass is 9.99. The van der Waals surface area contributed by atoms with E-state index in [-0.39, 0.29) is 11.7 Å². The fourth-order valence-electron chi connectivity index (χ4n) is 3.16. The molecule has 0 bridgehead atoms. The van der Waals surface area contributed by atoms with Crippen LogP contribution in [0.25, 0.3) is 0 Å². The van der Waals surface area contributed by atoms with E-state index < -0.39 is 0 Å². The predicted molar refractivity (Wildman–Crippen MR) is 92.0 cm³/mol. The molecule has 0 radical (unpaired) electrons. The third kappa shape index (κ3) is 3.50. The molecule has 1 heterocycles. The molecule has 3 rings (SSSR count). The highest BCUT2D eigenvalue weighted by Gasteiger charge is 2.28. The van der Waals surface area contributed by atoms with Crippen molar-refractivity contribution in [3.8, 4) is 5.75 Å². The maximum atomic E-state index is 12.7. The molecule has 0 aromatic heterocycles. The number of rotatable bonds is 3. The molecule has 1 N–H and O–H groups in total. The lowest BCUT2D eigenvalue weighted by molar-refractivity contribution is 0.0786. The molecular formula is C19H20ClNO2. The van der Waals surface area contributed by atoms with Crippen molar-refractivity contribution >= 4 is 17.5 Å². The molecule has 1 aliphatic rings. The van der Waals surface area contributed by atoms with Crippen molar-refractivity contribution in [3.63, 3.8) is 0 Å². The maximum absolute atomic E-state index is 12.7. The molecule has 2 aromatic rings. The molecule has 1 fully saturated rings. The number of likely N-dealkylation sites (tertiary alicyclic amines) is 1. The molecule has 1 atom stereocenters. The zero-order chi connectivity index (χ0) is 16.4. The molecule has 1 unspecified atom stereocenters. The summed E-state index contributed by atoms with van der Waals surface area (Å²) in [5.41, 5.74) is 2.50. The minimum absolute atomic E-state index is 0.0111. The van der Waals surface area contributed by atoms with Crippen LogP contribution in [0.1, 0.15) is 27.9 Å². The summed E-state index contributed by atoms with van der Waals surface area (Å²) in [7, 11) is 0. The Balaban J connectivity index is 1.66. The van der Waals surface area contributed by atoms with E-state index in [1.807, 2.05) is 29.2 Å². The van der Waals surface area contributed by atoms with Crippen molar-refractivity contribution in [1.29, 1.82) is 0 Å². The monoisotopic (exact) mass is 329 g/mol. The molecule has 1 aliphatic heterocycles. The zero-order valence-corrected chi connectivity index (χ0v) is 13.9. The van der Waals surface area contributed by atoms with Crippen LogP contribution in [0.4, 0.5) is 0 Å². The number of hydrogen-bond donors (Lipinski definition) is 1. The van der Waals surface area contributed by atoms with Crippen molar-refractivity contribution in [2.75, 3.05) is 13.1 Å². The lowest BCUT2D eigenvalue weighted by Crippen LogP contribution is -2.29. The molecule has 1 amide bonds. The molecule has 23 heavy (non-hydrogen) atoms. The van der Waals surface area contributed by atoms with Gasteiger partial charge >= 0.3 is 0 Å². The van der Waals surface area contributed by atoms with Crippen molar-refractivity contribution in [2.45, 2.75) is 19.8 Å². The van der Waals surface area contributed by atoms with Gasteiger partial charge in [-0.15, -0.1) is 0 Å². The highest BCUT2D eigenvalue weighted by atomic mass is 35.5. The first-order valence-electron chi connectivity index (χ1n) is 7.87. The number of hydrogen-bond acceptors (Lipinski definition) is 2. The van der Waals surface area contributed by atoms with Gasteiger partial charge in [-0.2, -0.15) is 0 Å². The predicted octanol–water partition coefficient (Wildman–Crippen LogP) is 4.06. The number of halogens is 1. The smallest absolute Gasteiger partial charge is 0.254 e. The molecule has 1 saturated heterocycles.